The van der Waals surface area contributed by atoms with Gasteiger partial charge in [0.2, 0.25) is 0 Å². The number of fused-ring (bicyclic) bond motifs is 1. The lowest BCUT2D eigenvalue weighted by molar-refractivity contribution is 0.0522. The Morgan fingerprint density at radius 1 is 1.26 bits per heavy atom. The van der Waals surface area contributed by atoms with E-state index in [0.717, 1.165) is 19.6 Å². The molecular weight excluding hydrogens is 240 g/mol. The lowest BCUT2D eigenvalue weighted by Crippen LogP contribution is -2.36. The maximum Gasteiger partial charge on any atom is 0.407 e. The maximum atomic E-state index is 11.5. The smallest absolute Gasteiger partial charge is 0.407 e. The van der Waals surface area contributed by atoms with E-state index in [1.165, 1.54) is 11.1 Å². The Balaban J connectivity index is 1.70. The van der Waals surface area contributed by atoms with Crippen LogP contribution in [0, 0.1) is 0 Å². The average molecular weight is 262 g/mol. The number of hydrogen-bond donors (Lipinski definition) is 1. The van der Waals surface area contributed by atoms with Gasteiger partial charge in [0, 0.05) is 26.2 Å². The molecule has 4 nitrogen and oxygen atoms in total. The van der Waals surface area contributed by atoms with Crippen molar-refractivity contribution in [3.63, 3.8) is 0 Å². The standard InChI is InChI=1S/C15H22N2O2/c1-15(2,3)19-14(18)16-8-9-17-10-12-6-4-5-7-13(12)11-17/h4-7H,8-11H2,1-3H3,(H,16,18). The minimum absolute atomic E-state index is 0.343. The normalized spacial score (nSPS) is 15.1. The molecule has 0 spiro atoms. The van der Waals surface area contributed by atoms with Crippen LogP contribution in [0.1, 0.15) is 31.9 Å². The van der Waals surface area contributed by atoms with E-state index in [1.54, 1.807) is 0 Å². The number of nitrogens with one attached hydrogen (secondary N) is 1. The van der Waals surface area contributed by atoms with Crippen LogP contribution in [0.5, 0.6) is 0 Å². The first-order valence-corrected chi connectivity index (χ1v) is 6.70. The van der Waals surface area contributed by atoms with Crippen molar-refractivity contribution in [2.45, 2.75) is 39.5 Å². The molecule has 104 valence electrons. The van der Waals surface area contributed by atoms with E-state index in [2.05, 4.69) is 34.5 Å². The number of carbonyl (C=O) groups is 1. The van der Waals surface area contributed by atoms with Crippen LogP contribution in [0.25, 0.3) is 0 Å². The highest BCUT2D eigenvalue weighted by atomic mass is 16.6. The first-order valence-electron chi connectivity index (χ1n) is 6.70. The van der Waals surface area contributed by atoms with E-state index in [4.69, 9.17) is 4.74 Å². The molecule has 1 amide bonds. The Kier molecular flexibility index (Phi) is 4.10. The summed E-state index contributed by atoms with van der Waals surface area (Å²) in [5.74, 6) is 0. The predicted octanol–water partition coefficient (Wildman–Crippen LogP) is 2.53. The highest BCUT2D eigenvalue weighted by Crippen LogP contribution is 2.21. The van der Waals surface area contributed by atoms with Crippen molar-refractivity contribution >= 4 is 6.09 Å². The number of alkyl carbamates (subject to hydrolysis) is 1. The fourth-order valence-electron chi connectivity index (χ4n) is 2.19. The number of carbonyl (C=O) groups excluding carboxylic acids is 1. The van der Waals surface area contributed by atoms with Gasteiger partial charge in [-0.05, 0) is 31.9 Å². The Labute approximate surface area is 114 Å². The van der Waals surface area contributed by atoms with Crippen LogP contribution >= 0.6 is 0 Å². The van der Waals surface area contributed by atoms with Crippen molar-refractivity contribution in [1.29, 1.82) is 0 Å². The predicted molar refractivity (Wildman–Crippen MR) is 74.8 cm³/mol. The average Bonchev–Trinajstić information content (AvgIpc) is 2.68. The molecule has 1 aliphatic heterocycles. The molecule has 1 N–H and O–H groups in total. The summed E-state index contributed by atoms with van der Waals surface area (Å²) in [6, 6.07) is 8.47. The zero-order chi connectivity index (χ0) is 13.9. The lowest BCUT2D eigenvalue weighted by atomic mass is 10.1. The maximum absolute atomic E-state index is 11.5. The number of ether oxygens (including phenoxy) is 1. The molecule has 4 heteroatoms. The highest BCUT2D eigenvalue weighted by Gasteiger charge is 2.19. The summed E-state index contributed by atoms with van der Waals surface area (Å²) < 4.78 is 5.20. The molecule has 0 aliphatic carbocycles. The fraction of sp³-hybridized carbons (Fsp3) is 0.533. The molecule has 0 unspecified atom stereocenters. The SMILES string of the molecule is CC(C)(C)OC(=O)NCCN1Cc2ccccc2C1. The van der Waals surface area contributed by atoms with Crippen LogP contribution in [0.4, 0.5) is 4.79 Å². The summed E-state index contributed by atoms with van der Waals surface area (Å²) in [5, 5.41) is 2.79. The number of rotatable bonds is 3. The van der Waals surface area contributed by atoms with Crippen molar-refractivity contribution in [1.82, 2.24) is 10.2 Å². The molecule has 19 heavy (non-hydrogen) atoms. The third-order valence-corrected chi connectivity index (χ3v) is 3.00. The molecule has 0 saturated carbocycles. The van der Waals surface area contributed by atoms with Gasteiger partial charge in [-0.25, -0.2) is 4.79 Å². The van der Waals surface area contributed by atoms with E-state index in [0.29, 0.717) is 6.54 Å². The number of benzene rings is 1. The van der Waals surface area contributed by atoms with Gasteiger partial charge >= 0.3 is 6.09 Å². The van der Waals surface area contributed by atoms with Gasteiger partial charge < -0.3 is 10.1 Å². The van der Waals surface area contributed by atoms with E-state index >= 15 is 0 Å². The molecule has 1 heterocycles. The summed E-state index contributed by atoms with van der Waals surface area (Å²) in [5.41, 5.74) is 2.34. The molecule has 0 aromatic heterocycles. The van der Waals surface area contributed by atoms with Crippen molar-refractivity contribution in [2.24, 2.45) is 0 Å². The molecule has 0 bridgehead atoms. The van der Waals surface area contributed by atoms with E-state index in [9.17, 15) is 4.79 Å². The fourth-order valence-corrected chi connectivity index (χ4v) is 2.19. The van der Waals surface area contributed by atoms with Gasteiger partial charge in [-0.3, -0.25) is 4.90 Å². The number of hydrogen-bond acceptors (Lipinski definition) is 3. The van der Waals surface area contributed by atoms with Crippen molar-refractivity contribution < 1.29 is 9.53 Å². The summed E-state index contributed by atoms with van der Waals surface area (Å²) in [6.45, 7) is 8.98. The van der Waals surface area contributed by atoms with Gasteiger partial charge in [0.1, 0.15) is 5.60 Å². The van der Waals surface area contributed by atoms with Crippen LogP contribution in [-0.2, 0) is 17.8 Å². The molecule has 1 aromatic carbocycles. The van der Waals surface area contributed by atoms with Gasteiger partial charge in [0.05, 0.1) is 0 Å². The first kappa shape index (κ1) is 13.9. The van der Waals surface area contributed by atoms with Crippen LogP contribution in [0.3, 0.4) is 0 Å². The molecular formula is C15H22N2O2. The Hall–Kier alpha value is -1.55. The van der Waals surface area contributed by atoms with Crippen LogP contribution in [0.15, 0.2) is 24.3 Å². The minimum Gasteiger partial charge on any atom is -0.444 e. The van der Waals surface area contributed by atoms with Crippen LogP contribution in [-0.4, -0.2) is 29.7 Å². The third kappa shape index (κ3) is 4.24. The topological polar surface area (TPSA) is 41.6 Å². The zero-order valence-electron chi connectivity index (χ0n) is 11.9. The molecule has 0 fully saturated rings. The van der Waals surface area contributed by atoms with Crippen LogP contribution < -0.4 is 5.32 Å². The third-order valence-electron chi connectivity index (χ3n) is 3.00. The summed E-state index contributed by atoms with van der Waals surface area (Å²) in [6.07, 6.45) is -0.343. The largest absolute Gasteiger partial charge is 0.444 e. The Morgan fingerprint density at radius 3 is 2.37 bits per heavy atom. The van der Waals surface area contributed by atoms with Crippen molar-refractivity contribution in [2.75, 3.05) is 13.1 Å². The monoisotopic (exact) mass is 262 g/mol. The number of nitrogens with zero attached hydrogens (tertiary/aromatic N) is 1. The molecule has 2 rings (SSSR count). The minimum atomic E-state index is -0.437. The summed E-state index contributed by atoms with van der Waals surface area (Å²) in [4.78, 5) is 13.8. The first-order chi connectivity index (χ1) is 8.94. The Bertz CT molecular complexity index is 427. The van der Waals surface area contributed by atoms with Crippen molar-refractivity contribution in [3.8, 4) is 0 Å². The summed E-state index contributed by atoms with van der Waals surface area (Å²) in [7, 11) is 0. The zero-order valence-corrected chi connectivity index (χ0v) is 11.9. The summed E-state index contributed by atoms with van der Waals surface area (Å²) >= 11 is 0. The van der Waals surface area contributed by atoms with E-state index in [1.807, 2.05) is 20.8 Å². The van der Waals surface area contributed by atoms with E-state index < -0.39 is 5.60 Å². The van der Waals surface area contributed by atoms with Gasteiger partial charge in [-0.2, -0.15) is 0 Å². The van der Waals surface area contributed by atoms with Crippen molar-refractivity contribution in [3.05, 3.63) is 35.4 Å². The molecule has 0 atom stereocenters. The van der Waals surface area contributed by atoms with Gasteiger partial charge in [-0.1, -0.05) is 24.3 Å². The highest BCUT2D eigenvalue weighted by molar-refractivity contribution is 5.67. The lowest BCUT2D eigenvalue weighted by Gasteiger charge is -2.20. The van der Waals surface area contributed by atoms with Crippen LogP contribution in [0.2, 0.25) is 0 Å². The number of amides is 1. The quantitative estimate of drug-likeness (QED) is 0.910. The molecule has 1 aliphatic rings. The van der Waals surface area contributed by atoms with E-state index in [-0.39, 0.29) is 6.09 Å². The second-order valence-electron chi connectivity index (χ2n) is 5.91. The van der Waals surface area contributed by atoms with Gasteiger partial charge in [0.25, 0.3) is 0 Å². The second-order valence-corrected chi connectivity index (χ2v) is 5.91. The Morgan fingerprint density at radius 2 is 1.84 bits per heavy atom. The van der Waals surface area contributed by atoms with Gasteiger partial charge in [-0.15, -0.1) is 0 Å². The second kappa shape index (κ2) is 5.61. The van der Waals surface area contributed by atoms with Gasteiger partial charge in [0.15, 0.2) is 0 Å². The molecule has 0 radical (unpaired) electrons. The molecule has 0 saturated heterocycles. The molecule has 1 aromatic rings.